The van der Waals surface area contributed by atoms with E-state index in [9.17, 15) is 4.79 Å². The molecule has 5 nitrogen and oxygen atoms in total. The van der Waals surface area contributed by atoms with Gasteiger partial charge in [0.25, 0.3) is 5.56 Å². The smallest absolute Gasteiger partial charge is 0.268 e. The lowest BCUT2D eigenvalue weighted by molar-refractivity contribution is 0.888. The van der Waals surface area contributed by atoms with E-state index in [0.717, 1.165) is 28.1 Å². The lowest BCUT2D eigenvalue weighted by Crippen LogP contribution is -2.22. The third kappa shape index (κ3) is 3.01. The highest BCUT2D eigenvalue weighted by Crippen LogP contribution is 2.24. The lowest BCUT2D eigenvalue weighted by Gasteiger charge is -2.14. The van der Waals surface area contributed by atoms with Crippen molar-refractivity contribution < 1.29 is 0 Å². The summed E-state index contributed by atoms with van der Waals surface area (Å²) < 4.78 is 3.39. The summed E-state index contributed by atoms with van der Waals surface area (Å²) in [6, 6.07) is 25.7. The van der Waals surface area contributed by atoms with E-state index in [0.29, 0.717) is 16.9 Å². The summed E-state index contributed by atoms with van der Waals surface area (Å²) in [4.78, 5) is 18.6. The fourth-order valence-electron chi connectivity index (χ4n) is 3.63. The van der Waals surface area contributed by atoms with Crippen LogP contribution in [0.5, 0.6) is 0 Å². The quantitative estimate of drug-likeness (QED) is 0.441. The zero-order valence-electron chi connectivity index (χ0n) is 16.8. The molecule has 2 aromatic heterocycles. The number of aromatic nitrogens is 4. The van der Waals surface area contributed by atoms with Crippen molar-refractivity contribution in [3.05, 3.63) is 107 Å². The topological polar surface area (TPSA) is 52.7 Å². The van der Waals surface area contributed by atoms with Crippen LogP contribution in [0.15, 0.2) is 89.9 Å². The number of hydrogen-bond donors (Lipinski definition) is 0. The van der Waals surface area contributed by atoms with Gasteiger partial charge < -0.3 is 0 Å². The van der Waals surface area contributed by atoms with Crippen molar-refractivity contribution in [2.75, 3.05) is 0 Å². The van der Waals surface area contributed by atoms with Gasteiger partial charge in [0.15, 0.2) is 5.65 Å². The van der Waals surface area contributed by atoms with Crippen LogP contribution in [-0.4, -0.2) is 19.3 Å². The van der Waals surface area contributed by atoms with Gasteiger partial charge in [-0.3, -0.25) is 9.36 Å². The Kier molecular flexibility index (Phi) is 4.29. The minimum absolute atomic E-state index is 0.136. The van der Waals surface area contributed by atoms with Gasteiger partial charge in [0.2, 0.25) is 0 Å². The van der Waals surface area contributed by atoms with Gasteiger partial charge in [-0.2, -0.15) is 5.10 Å². The van der Waals surface area contributed by atoms with Gasteiger partial charge in [0.05, 0.1) is 17.6 Å². The van der Waals surface area contributed by atoms with Crippen LogP contribution in [-0.2, 0) is 0 Å². The molecule has 5 heteroatoms. The van der Waals surface area contributed by atoms with Gasteiger partial charge in [-0.25, -0.2) is 9.67 Å². The molecule has 0 aliphatic rings. The lowest BCUT2D eigenvalue weighted by atomic mass is 10.1. The summed E-state index contributed by atoms with van der Waals surface area (Å²) in [7, 11) is 0. The Balaban J connectivity index is 1.86. The van der Waals surface area contributed by atoms with Crippen LogP contribution in [0.3, 0.4) is 0 Å². The molecule has 0 saturated heterocycles. The van der Waals surface area contributed by atoms with Gasteiger partial charge >= 0.3 is 0 Å². The van der Waals surface area contributed by atoms with Crippen molar-refractivity contribution in [1.82, 2.24) is 19.3 Å². The number of hydrogen-bond acceptors (Lipinski definition) is 3. The van der Waals surface area contributed by atoms with Crippen molar-refractivity contribution >= 4 is 11.0 Å². The van der Waals surface area contributed by atoms with Gasteiger partial charge in [0.1, 0.15) is 11.2 Å². The molecule has 3 aromatic carbocycles. The largest absolute Gasteiger partial charge is 0.269 e. The molecule has 0 unspecified atom stereocenters. The van der Waals surface area contributed by atoms with Gasteiger partial charge in [-0.05, 0) is 43.7 Å². The zero-order chi connectivity index (χ0) is 20.7. The van der Waals surface area contributed by atoms with E-state index in [1.165, 1.54) is 0 Å². The molecule has 146 valence electrons. The first-order valence-electron chi connectivity index (χ1n) is 9.82. The Bertz CT molecular complexity index is 1410. The maximum absolute atomic E-state index is 13.6. The molecule has 5 aromatic rings. The molecular formula is C25H20N4O. The summed E-state index contributed by atoms with van der Waals surface area (Å²) in [6.45, 7) is 4.05. The van der Waals surface area contributed by atoms with Crippen LogP contribution in [0.1, 0.15) is 11.1 Å². The second-order valence-electron chi connectivity index (χ2n) is 7.41. The maximum Gasteiger partial charge on any atom is 0.269 e. The monoisotopic (exact) mass is 392 g/mol. The first-order valence-corrected chi connectivity index (χ1v) is 9.82. The first-order chi connectivity index (χ1) is 14.6. The number of rotatable bonds is 3. The van der Waals surface area contributed by atoms with Crippen molar-refractivity contribution in [3.8, 4) is 22.8 Å². The molecule has 0 atom stereocenters. The third-order valence-corrected chi connectivity index (χ3v) is 5.17. The SMILES string of the molecule is Cc1ccc(-c2nc3c(cnn3-c3ccccc3)c(=O)n2-c2cccc(C)c2)cc1. The number of para-hydroxylation sites is 1. The van der Waals surface area contributed by atoms with Crippen molar-refractivity contribution in [3.63, 3.8) is 0 Å². The van der Waals surface area contributed by atoms with Crippen LogP contribution in [0.4, 0.5) is 0 Å². The predicted molar refractivity (Wildman–Crippen MR) is 119 cm³/mol. The van der Waals surface area contributed by atoms with Crippen LogP contribution in [0.25, 0.3) is 33.8 Å². The van der Waals surface area contributed by atoms with Crippen LogP contribution in [0.2, 0.25) is 0 Å². The molecular weight excluding hydrogens is 372 g/mol. The Morgan fingerprint density at radius 3 is 2.23 bits per heavy atom. The van der Waals surface area contributed by atoms with Crippen LogP contribution in [0, 0.1) is 13.8 Å². The molecule has 0 aliphatic heterocycles. The zero-order valence-corrected chi connectivity index (χ0v) is 16.8. The molecule has 30 heavy (non-hydrogen) atoms. The fraction of sp³-hybridized carbons (Fsp3) is 0.0800. The molecule has 0 fully saturated rings. The second-order valence-corrected chi connectivity index (χ2v) is 7.41. The number of nitrogens with zero attached hydrogens (tertiary/aromatic N) is 4. The summed E-state index contributed by atoms with van der Waals surface area (Å²) in [5.74, 6) is 0.593. The van der Waals surface area contributed by atoms with E-state index in [1.807, 2.05) is 92.7 Å². The highest BCUT2D eigenvalue weighted by molar-refractivity contribution is 5.79. The average molecular weight is 392 g/mol. The molecule has 2 heterocycles. The molecule has 0 radical (unpaired) electrons. The Labute approximate surface area is 173 Å². The molecule has 0 bridgehead atoms. The standard InChI is InChI=1S/C25H20N4O/c1-17-11-13-19(14-12-17)23-27-24-22(16-26-29(24)20-8-4-3-5-9-20)25(30)28(23)21-10-6-7-18(2)15-21/h3-16H,1-2H3. The average Bonchev–Trinajstić information content (AvgIpc) is 3.19. The van der Waals surface area contributed by atoms with Crippen LogP contribution >= 0.6 is 0 Å². The predicted octanol–water partition coefficient (Wildman–Crippen LogP) is 4.86. The summed E-state index contributed by atoms with van der Waals surface area (Å²) in [5, 5.41) is 4.95. The highest BCUT2D eigenvalue weighted by atomic mass is 16.1. The molecule has 0 amide bonds. The number of fused-ring (bicyclic) bond motifs is 1. The van der Waals surface area contributed by atoms with E-state index in [2.05, 4.69) is 5.10 Å². The molecule has 5 rings (SSSR count). The summed E-state index contributed by atoms with van der Waals surface area (Å²) in [5.41, 5.74) is 5.17. The van der Waals surface area contributed by atoms with Crippen LogP contribution < -0.4 is 5.56 Å². The molecule has 0 spiro atoms. The van der Waals surface area contributed by atoms with E-state index in [1.54, 1.807) is 15.4 Å². The minimum atomic E-state index is -0.136. The van der Waals surface area contributed by atoms with Gasteiger partial charge in [0, 0.05) is 5.56 Å². The van der Waals surface area contributed by atoms with E-state index < -0.39 is 0 Å². The van der Waals surface area contributed by atoms with E-state index >= 15 is 0 Å². The normalized spacial score (nSPS) is 11.1. The second kappa shape index (κ2) is 7.12. The minimum Gasteiger partial charge on any atom is -0.268 e. The Morgan fingerprint density at radius 1 is 0.767 bits per heavy atom. The Hall–Kier alpha value is -3.99. The van der Waals surface area contributed by atoms with Gasteiger partial charge in [-0.1, -0.05) is 60.2 Å². The fourth-order valence-corrected chi connectivity index (χ4v) is 3.63. The molecule has 0 saturated carbocycles. The third-order valence-electron chi connectivity index (χ3n) is 5.17. The van der Waals surface area contributed by atoms with Crippen molar-refractivity contribution in [2.24, 2.45) is 0 Å². The first kappa shape index (κ1) is 18.1. The number of aryl methyl sites for hydroxylation is 2. The van der Waals surface area contributed by atoms with Gasteiger partial charge in [-0.15, -0.1) is 0 Å². The summed E-state index contributed by atoms with van der Waals surface area (Å²) >= 11 is 0. The van der Waals surface area contributed by atoms with E-state index in [-0.39, 0.29) is 5.56 Å². The molecule has 0 N–H and O–H groups in total. The Morgan fingerprint density at radius 2 is 1.50 bits per heavy atom. The van der Waals surface area contributed by atoms with Crippen molar-refractivity contribution in [1.29, 1.82) is 0 Å². The van der Waals surface area contributed by atoms with E-state index in [4.69, 9.17) is 4.98 Å². The maximum atomic E-state index is 13.6. The van der Waals surface area contributed by atoms with Crippen molar-refractivity contribution in [2.45, 2.75) is 13.8 Å². The summed E-state index contributed by atoms with van der Waals surface area (Å²) in [6.07, 6.45) is 1.60. The number of benzene rings is 3. The highest BCUT2D eigenvalue weighted by Gasteiger charge is 2.18. The molecule has 0 aliphatic carbocycles.